The molecule has 108 valence electrons. The highest BCUT2D eigenvalue weighted by molar-refractivity contribution is 5.23. The van der Waals surface area contributed by atoms with Crippen LogP contribution in [0, 0.1) is 29.0 Å². The van der Waals surface area contributed by atoms with Crippen molar-refractivity contribution in [1.82, 2.24) is 10.9 Å². The Morgan fingerprint density at radius 1 is 1.10 bits per heavy atom. The van der Waals surface area contributed by atoms with Gasteiger partial charge in [-0.15, -0.1) is 0 Å². The van der Waals surface area contributed by atoms with E-state index >= 15 is 0 Å². The fourth-order valence-electron chi connectivity index (χ4n) is 5.34. The van der Waals surface area contributed by atoms with Crippen molar-refractivity contribution in [3.63, 3.8) is 0 Å². The van der Waals surface area contributed by atoms with Gasteiger partial charge in [-0.05, 0) is 48.5 Å². The van der Waals surface area contributed by atoms with Gasteiger partial charge in [-0.3, -0.25) is 5.43 Å². The summed E-state index contributed by atoms with van der Waals surface area (Å²) in [4.78, 5) is 0. The Hall–Kier alpha value is -0.930. The average Bonchev–Trinajstić information content (AvgIpc) is 2.85. The van der Waals surface area contributed by atoms with Crippen molar-refractivity contribution in [2.75, 3.05) is 0 Å². The highest BCUT2D eigenvalue weighted by Crippen LogP contribution is 2.62. The Balaban J connectivity index is 1.61. The van der Waals surface area contributed by atoms with Gasteiger partial charge >= 0.3 is 0 Å². The number of nitrogens with one attached hydrogen (secondary N) is 2. The fraction of sp³-hybridized carbons (Fsp3) is 0.647. The lowest BCUT2D eigenvalue weighted by Gasteiger charge is -2.40. The first-order chi connectivity index (χ1) is 9.59. The van der Waals surface area contributed by atoms with Crippen LogP contribution < -0.4 is 10.9 Å². The van der Waals surface area contributed by atoms with Crippen LogP contribution in [0.5, 0.6) is 0 Å². The highest BCUT2D eigenvalue weighted by Gasteiger charge is 2.60. The van der Waals surface area contributed by atoms with E-state index in [1.807, 2.05) is 12.1 Å². The van der Waals surface area contributed by atoms with Crippen LogP contribution in [-0.4, -0.2) is 6.04 Å². The summed E-state index contributed by atoms with van der Waals surface area (Å²) in [6.07, 6.45) is 3.76. The topological polar surface area (TPSA) is 24.1 Å². The van der Waals surface area contributed by atoms with E-state index in [0.717, 1.165) is 23.8 Å². The maximum Gasteiger partial charge on any atom is 0.128 e. The van der Waals surface area contributed by atoms with Gasteiger partial charge in [0.1, 0.15) is 5.82 Å². The van der Waals surface area contributed by atoms with Crippen LogP contribution in [0.3, 0.4) is 0 Å². The first kappa shape index (κ1) is 12.8. The molecule has 0 radical (unpaired) electrons. The first-order valence-corrected chi connectivity index (χ1v) is 7.84. The Kier molecular flexibility index (Phi) is 2.74. The predicted molar refractivity (Wildman–Crippen MR) is 77.3 cm³/mol. The van der Waals surface area contributed by atoms with Crippen LogP contribution in [0.25, 0.3) is 0 Å². The van der Waals surface area contributed by atoms with Crippen LogP contribution in [0.15, 0.2) is 24.3 Å². The molecule has 1 aromatic rings. The van der Waals surface area contributed by atoms with Gasteiger partial charge in [0.15, 0.2) is 0 Å². The normalized spacial score (nSPS) is 41.6. The molecule has 3 heteroatoms. The van der Waals surface area contributed by atoms with Crippen molar-refractivity contribution in [2.45, 2.75) is 45.2 Å². The standard InChI is InChI=1S/C17H23FN2/c1-17(2)12-7-8-13(17)16-11(12)9-15(19-20-16)10-5-3-4-6-14(10)18/h3-6,11-13,15-16,19-20H,7-9H2,1-2H3/t11-,12-,13+,15-,16-/m1/s1. The third-order valence-electron chi connectivity index (χ3n) is 6.32. The van der Waals surface area contributed by atoms with Crippen molar-refractivity contribution in [2.24, 2.45) is 23.2 Å². The molecule has 3 fully saturated rings. The Morgan fingerprint density at radius 3 is 2.65 bits per heavy atom. The number of hydrazine groups is 1. The Labute approximate surface area is 120 Å². The van der Waals surface area contributed by atoms with Crippen LogP contribution in [0.4, 0.5) is 4.39 Å². The smallest absolute Gasteiger partial charge is 0.128 e. The molecule has 1 saturated heterocycles. The first-order valence-electron chi connectivity index (χ1n) is 7.84. The monoisotopic (exact) mass is 274 g/mol. The summed E-state index contributed by atoms with van der Waals surface area (Å²) in [5, 5.41) is 0. The molecule has 1 heterocycles. The molecule has 3 aliphatic rings. The lowest BCUT2D eigenvalue weighted by molar-refractivity contribution is 0.137. The summed E-state index contributed by atoms with van der Waals surface area (Å²) in [5.74, 6) is 2.16. The van der Waals surface area contributed by atoms with E-state index < -0.39 is 0 Å². The van der Waals surface area contributed by atoms with Crippen molar-refractivity contribution in [1.29, 1.82) is 0 Å². The Morgan fingerprint density at radius 2 is 1.85 bits per heavy atom. The molecule has 0 amide bonds. The lowest BCUT2D eigenvalue weighted by atomic mass is 9.77. The van der Waals surface area contributed by atoms with Gasteiger partial charge in [0, 0.05) is 17.6 Å². The van der Waals surface area contributed by atoms with Crippen LogP contribution >= 0.6 is 0 Å². The van der Waals surface area contributed by atoms with Crippen molar-refractivity contribution in [3.05, 3.63) is 35.6 Å². The predicted octanol–water partition coefficient (Wildman–Crippen LogP) is 3.42. The second-order valence-corrected chi connectivity index (χ2v) is 7.40. The molecule has 2 saturated carbocycles. The zero-order valence-electron chi connectivity index (χ0n) is 12.2. The number of benzene rings is 1. The molecule has 2 aliphatic carbocycles. The number of rotatable bonds is 1. The second-order valence-electron chi connectivity index (χ2n) is 7.40. The van der Waals surface area contributed by atoms with Gasteiger partial charge in [-0.1, -0.05) is 32.0 Å². The number of hydrogen-bond acceptors (Lipinski definition) is 2. The minimum Gasteiger partial charge on any atom is -0.254 e. The van der Waals surface area contributed by atoms with Gasteiger partial charge in [-0.2, -0.15) is 0 Å². The lowest BCUT2D eigenvalue weighted by Crippen LogP contribution is -2.54. The number of halogens is 1. The van der Waals surface area contributed by atoms with Gasteiger partial charge < -0.3 is 0 Å². The quantitative estimate of drug-likeness (QED) is 0.820. The van der Waals surface area contributed by atoms with Crippen LogP contribution in [0.2, 0.25) is 0 Å². The SMILES string of the molecule is CC1(C)[C@@H]2CC[C@H]1[C@@H]1NN[C@@H](c3ccccc3F)C[C@@H]12. The van der Waals surface area contributed by atoms with E-state index in [0.29, 0.717) is 17.4 Å². The summed E-state index contributed by atoms with van der Waals surface area (Å²) in [7, 11) is 0. The van der Waals surface area contributed by atoms with Crippen molar-refractivity contribution < 1.29 is 4.39 Å². The molecule has 2 bridgehead atoms. The highest BCUT2D eigenvalue weighted by atomic mass is 19.1. The summed E-state index contributed by atoms with van der Waals surface area (Å²) >= 11 is 0. The molecule has 1 aromatic carbocycles. The largest absolute Gasteiger partial charge is 0.254 e. The zero-order chi connectivity index (χ0) is 13.9. The van der Waals surface area contributed by atoms with E-state index in [2.05, 4.69) is 24.7 Å². The van der Waals surface area contributed by atoms with E-state index in [-0.39, 0.29) is 11.9 Å². The molecule has 2 nitrogen and oxygen atoms in total. The minimum absolute atomic E-state index is 0.0901. The summed E-state index contributed by atoms with van der Waals surface area (Å²) < 4.78 is 14.0. The van der Waals surface area contributed by atoms with Crippen LogP contribution in [0.1, 0.15) is 44.7 Å². The second kappa shape index (κ2) is 4.28. The van der Waals surface area contributed by atoms with E-state index in [9.17, 15) is 4.39 Å². The van der Waals surface area contributed by atoms with E-state index in [1.165, 1.54) is 12.8 Å². The van der Waals surface area contributed by atoms with Gasteiger partial charge in [-0.25, -0.2) is 9.82 Å². The molecule has 4 rings (SSSR count). The maximum atomic E-state index is 14.0. The Bertz CT molecular complexity index is 527. The third kappa shape index (κ3) is 1.63. The van der Waals surface area contributed by atoms with Crippen molar-refractivity contribution >= 4 is 0 Å². The molecule has 2 N–H and O–H groups in total. The van der Waals surface area contributed by atoms with E-state index in [1.54, 1.807) is 12.1 Å². The van der Waals surface area contributed by atoms with Crippen LogP contribution in [-0.2, 0) is 0 Å². The minimum atomic E-state index is -0.0901. The number of hydrogen-bond donors (Lipinski definition) is 2. The van der Waals surface area contributed by atoms with Gasteiger partial charge in [0.2, 0.25) is 0 Å². The summed E-state index contributed by atoms with van der Waals surface area (Å²) in [5.41, 5.74) is 8.15. The molecule has 0 aromatic heterocycles. The van der Waals surface area contributed by atoms with Gasteiger partial charge in [0.25, 0.3) is 0 Å². The molecule has 5 atom stereocenters. The molecule has 20 heavy (non-hydrogen) atoms. The summed E-state index contributed by atoms with van der Waals surface area (Å²) in [6.45, 7) is 4.85. The fourth-order valence-corrected chi connectivity index (χ4v) is 5.34. The maximum absolute atomic E-state index is 14.0. The molecule has 0 unspecified atom stereocenters. The molecule has 0 spiro atoms. The molecular formula is C17H23FN2. The van der Waals surface area contributed by atoms with Gasteiger partial charge in [0.05, 0.1) is 0 Å². The molecule has 1 aliphatic heterocycles. The third-order valence-corrected chi connectivity index (χ3v) is 6.32. The average molecular weight is 274 g/mol. The molecular weight excluding hydrogens is 251 g/mol. The summed E-state index contributed by atoms with van der Waals surface area (Å²) in [6, 6.07) is 7.84. The van der Waals surface area contributed by atoms with E-state index in [4.69, 9.17) is 0 Å². The zero-order valence-corrected chi connectivity index (χ0v) is 12.2. The number of fused-ring (bicyclic) bond motifs is 5. The van der Waals surface area contributed by atoms with Crippen molar-refractivity contribution in [3.8, 4) is 0 Å².